The summed E-state index contributed by atoms with van der Waals surface area (Å²) >= 11 is 0. The number of esters is 1. The molecule has 0 aliphatic rings. The molecule has 0 aromatic heterocycles. The van der Waals surface area contributed by atoms with Crippen molar-refractivity contribution >= 4 is 13.8 Å². The Morgan fingerprint density at radius 1 is 0.469 bits per heavy atom. The van der Waals surface area contributed by atoms with E-state index in [1.54, 1.807) is 0 Å². The van der Waals surface area contributed by atoms with Crippen LogP contribution >= 0.6 is 7.82 Å². The molecule has 0 aromatic rings. The third-order valence-corrected chi connectivity index (χ3v) is 10.2. The lowest BCUT2D eigenvalue weighted by molar-refractivity contribution is -0.154. The Balaban J connectivity index is 4.15. The molecule has 0 bridgehead atoms. The molecule has 2 unspecified atom stereocenters. The number of carbonyl (C=O) groups excluding carboxylic acids is 1. The molecule has 0 rings (SSSR count). The van der Waals surface area contributed by atoms with Crippen LogP contribution in [-0.4, -0.2) is 49.9 Å². The van der Waals surface area contributed by atoms with E-state index in [-0.39, 0.29) is 32.8 Å². The second-order valence-corrected chi connectivity index (χ2v) is 16.7. The predicted octanol–water partition coefficient (Wildman–Crippen LogP) is 15.3. The first-order chi connectivity index (χ1) is 31.4. The zero-order chi connectivity index (χ0) is 46.5. The lowest BCUT2D eigenvalue weighted by Crippen LogP contribution is -2.28. The highest BCUT2D eigenvalue weighted by Gasteiger charge is 2.25. The summed E-state index contributed by atoms with van der Waals surface area (Å²) in [6.07, 6.45) is 73.2. The first-order valence-corrected chi connectivity index (χ1v) is 25.8. The van der Waals surface area contributed by atoms with Crippen LogP contribution in [-0.2, 0) is 27.9 Å². The molecular weight excluding hydrogens is 818 g/mol. The molecule has 9 heteroatoms. The van der Waals surface area contributed by atoms with Crippen LogP contribution in [0.3, 0.4) is 0 Å². The van der Waals surface area contributed by atoms with Crippen LogP contribution in [0.25, 0.3) is 0 Å². The van der Waals surface area contributed by atoms with Gasteiger partial charge in [-0.3, -0.25) is 13.8 Å². The molecule has 8 nitrogen and oxygen atoms in total. The first kappa shape index (κ1) is 60.4. The molecular formula is C55H88NO7P. The van der Waals surface area contributed by atoms with Crippen molar-refractivity contribution in [3.63, 3.8) is 0 Å². The summed E-state index contributed by atoms with van der Waals surface area (Å²) in [6.45, 7) is 4.52. The Bertz CT molecular complexity index is 1480. The van der Waals surface area contributed by atoms with E-state index >= 15 is 0 Å². The topological polar surface area (TPSA) is 117 Å². The van der Waals surface area contributed by atoms with Gasteiger partial charge in [0.25, 0.3) is 0 Å². The summed E-state index contributed by atoms with van der Waals surface area (Å²) in [6, 6.07) is 0. The van der Waals surface area contributed by atoms with Crippen molar-refractivity contribution in [2.24, 2.45) is 5.73 Å². The van der Waals surface area contributed by atoms with Crippen LogP contribution in [0, 0.1) is 0 Å². The van der Waals surface area contributed by atoms with Gasteiger partial charge in [0, 0.05) is 19.6 Å². The highest BCUT2D eigenvalue weighted by Crippen LogP contribution is 2.43. The SMILES string of the molecule is CC/C=C\C/C=C\C/C=C\C/C=C\C/C=C\C/C=C\CCCCCCCCCOCC(COP(=O)(O)OCCN)OC(=O)CC/C=C\C/C=C\C/C=C\C/C=C\C/C=C\C/C=C\CC. The normalized spacial score (nSPS) is 14.6. The number of phosphoric acid groups is 1. The summed E-state index contributed by atoms with van der Waals surface area (Å²) in [7, 11) is -4.32. The summed E-state index contributed by atoms with van der Waals surface area (Å²) in [5, 5.41) is 0. The van der Waals surface area contributed by atoms with Gasteiger partial charge >= 0.3 is 13.8 Å². The molecule has 0 spiro atoms. The minimum Gasteiger partial charge on any atom is -0.457 e. The van der Waals surface area contributed by atoms with E-state index in [0.29, 0.717) is 13.0 Å². The van der Waals surface area contributed by atoms with E-state index in [1.807, 2.05) is 12.2 Å². The number of carbonyl (C=O) groups is 1. The van der Waals surface area contributed by atoms with Crippen LogP contribution < -0.4 is 5.73 Å². The molecule has 0 radical (unpaired) electrons. The maximum absolute atomic E-state index is 12.6. The van der Waals surface area contributed by atoms with E-state index < -0.39 is 19.9 Å². The zero-order valence-electron chi connectivity index (χ0n) is 39.9. The standard InChI is InChI=1S/C55H88NO7P/c1-3-5-7-9-11-13-15-17-19-21-23-24-25-26-27-28-29-31-33-35-37-39-41-43-45-47-50-60-52-54(53-62-64(58,59)61-51-49-56)63-55(57)48-46-44-42-40-38-36-34-32-30-22-20-18-16-14-12-10-8-6-4-2/h5-8,11-14,17-20,23-24,26-27,29-32,36,38,42,44,54H,3-4,9-10,15-16,21-22,25,28,33-35,37,39-41,43,45-53,56H2,1-2H3,(H,58,59)/b7-5-,8-6-,13-11-,14-12-,19-17-,20-18-,24-23-,27-26-,31-29-,32-30-,38-36-,44-42-. The van der Waals surface area contributed by atoms with Crippen molar-refractivity contribution in [2.45, 2.75) is 161 Å². The van der Waals surface area contributed by atoms with Crippen molar-refractivity contribution in [3.05, 3.63) is 146 Å². The summed E-state index contributed by atoms with van der Waals surface area (Å²) in [5.74, 6) is -0.423. The van der Waals surface area contributed by atoms with Crippen molar-refractivity contribution in [3.8, 4) is 0 Å². The summed E-state index contributed by atoms with van der Waals surface area (Å²) in [5.41, 5.74) is 5.38. The molecule has 0 aliphatic carbocycles. The van der Waals surface area contributed by atoms with E-state index in [4.69, 9.17) is 24.3 Å². The van der Waals surface area contributed by atoms with E-state index in [1.165, 1.54) is 25.7 Å². The van der Waals surface area contributed by atoms with Gasteiger partial charge in [-0.1, -0.05) is 192 Å². The van der Waals surface area contributed by atoms with Crippen LogP contribution in [0.2, 0.25) is 0 Å². The average molecular weight is 906 g/mol. The molecule has 0 aliphatic heterocycles. The quantitative estimate of drug-likeness (QED) is 0.0269. The number of phosphoric ester groups is 1. The molecule has 0 saturated heterocycles. The number of ether oxygens (including phenoxy) is 2. The minimum atomic E-state index is -4.32. The molecule has 2 atom stereocenters. The minimum absolute atomic E-state index is 0.0666. The largest absolute Gasteiger partial charge is 0.472 e. The van der Waals surface area contributed by atoms with Gasteiger partial charge in [-0.25, -0.2) is 4.57 Å². The molecule has 0 aromatic carbocycles. The highest BCUT2D eigenvalue weighted by atomic mass is 31.2. The molecule has 0 amide bonds. The third-order valence-electron chi connectivity index (χ3n) is 9.27. The Morgan fingerprint density at radius 3 is 1.23 bits per heavy atom. The van der Waals surface area contributed by atoms with Gasteiger partial charge < -0.3 is 20.1 Å². The first-order valence-electron chi connectivity index (χ1n) is 24.3. The van der Waals surface area contributed by atoms with Gasteiger partial charge in [0.1, 0.15) is 6.10 Å². The van der Waals surface area contributed by atoms with Crippen LogP contribution in [0.15, 0.2) is 146 Å². The monoisotopic (exact) mass is 906 g/mol. The van der Waals surface area contributed by atoms with E-state index in [9.17, 15) is 14.3 Å². The van der Waals surface area contributed by atoms with Gasteiger partial charge in [-0.2, -0.15) is 0 Å². The highest BCUT2D eigenvalue weighted by molar-refractivity contribution is 7.47. The molecule has 0 saturated carbocycles. The lowest BCUT2D eigenvalue weighted by Gasteiger charge is -2.20. The van der Waals surface area contributed by atoms with Gasteiger partial charge in [-0.15, -0.1) is 0 Å². The number of hydrogen-bond acceptors (Lipinski definition) is 7. The number of rotatable bonds is 44. The van der Waals surface area contributed by atoms with Crippen LogP contribution in [0.1, 0.15) is 155 Å². The Hall–Kier alpha value is -3.62. The Kier molecular flexibility index (Phi) is 47.5. The maximum Gasteiger partial charge on any atom is 0.472 e. The zero-order valence-corrected chi connectivity index (χ0v) is 40.8. The maximum atomic E-state index is 12.6. The van der Waals surface area contributed by atoms with Crippen molar-refractivity contribution in [2.75, 3.05) is 33.0 Å². The van der Waals surface area contributed by atoms with E-state index in [2.05, 4.69) is 148 Å². The number of hydrogen-bond donors (Lipinski definition) is 2. The summed E-state index contributed by atoms with van der Waals surface area (Å²) < 4.78 is 33.4. The molecule has 0 fully saturated rings. The molecule has 3 N–H and O–H groups in total. The smallest absolute Gasteiger partial charge is 0.457 e. The lowest BCUT2D eigenvalue weighted by atomic mass is 10.1. The van der Waals surface area contributed by atoms with Gasteiger partial charge in [0.15, 0.2) is 0 Å². The summed E-state index contributed by atoms with van der Waals surface area (Å²) in [4.78, 5) is 22.5. The second-order valence-electron chi connectivity index (χ2n) is 15.2. The number of nitrogens with two attached hydrogens (primary N) is 1. The van der Waals surface area contributed by atoms with Crippen LogP contribution in [0.4, 0.5) is 0 Å². The van der Waals surface area contributed by atoms with Crippen molar-refractivity contribution in [1.82, 2.24) is 0 Å². The Morgan fingerprint density at radius 2 is 0.828 bits per heavy atom. The van der Waals surface area contributed by atoms with Crippen molar-refractivity contribution < 1.29 is 32.8 Å². The van der Waals surface area contributed by atoms with Gasteiger partial charge in [0.2, 0.25) is 0 Å². The number of allylic oxidation sites excluding steroid dienone is 24. The fourth-order valence-electron chi connectivity index (χ4n) is 5.79. The van der Waals surface area contributed by atoms with E-state index in [0.717, 1.165) is 103 Å². The average Bonchev–Trinajstić information content (AvgIpc) is 3.29. The van der Waals surface area contributed by atoms with Crippen LogP contribution in [0.5, 0.6) is 0 Å². The molecule has 0 heterocycles. The second kappa shape index (κ2) is 50.4. The number of unbranched alkanes of at least 4 members (excludes halogenated alkanes) is 7. The van der Waals surface area contributed by atoms with Crippen molar-refractivity contribution in [1.29, 1.82) is 0 Å². The predicted molar refractivity (Wildman–Crippen MR) is 274 cm³/mol. The van der Waals surface area contributed by atoms with Gasteiger partial charge in [0.05, 0.1) is 19.8 Å². The fourth-order valence-corrected chi connectivity index (χ4v) is 6.55. The Labute approximate surface area is 390 Å². The third kappa shape index (κ3) is 49.4. The van der Waals surface area contributed by atoms with Gasteiger partial charge in [-0.05, 0) is 103 Å². The molecule has 360 valence electrons. The fraction of sp³-hybridized carbons (Fsp3) is 0.545. The molecule has 64 heavy (non-hydrogen) atoms.